The van der Waals surface area contributed by atoms with Gasteiger partial charge in [-0.05, 0) is 26.3 Å². The number of benzene rings is 1. The van der Waals surface area contributed by atoms with E-state index in [0.717, 1.165) is 5.56 Å². The number of nitrogens with one attached hydrogen (secondary N) is 3. The molecule has 0 saturated heterocycles. The summed E-state index contributed by atoms with van der Waals surface area (Å²) < 4.78 is 5.34. The summed E-state index contributed by atoms with van der Waals surface area (Å²) in [5.74, 6) is -0.274. The summed E-state index contributed by atoms with van der Waals surface area (Å²) in [7, 11) is 1.54. The molecule has 0 spiro atoms. The molecule has 0 aliphatic heterocycles. The van der Waals surface area contributed by atoms with Crippen molar-refractivity contribution < 1.29 is 14.3 Å². The van der Waals surface area contributed by atoms with Crippen LogP contribution in [0.2, 0.25) is 0 Å². The molecule has 1 atom stereocenters. The van der Waals surface area contributed by atoms with Crippen LogP contribution in [0, 0.1) is 0 Å². The predicted octanol–water partition coefficient (Wildman–Crippen LogP) is 1.59. The van der Waals surface area contributed by atoms with E-state index in [1.54, 1.807) is 12.1 Å². The zero-order valence-electron chi connectivity index (χ0n) is 13.6. The van der Waals surface area contributed by atoms with Crippen LogP contribution in [0.1, 0.15) is 32.4 Å². The largest absolute Gasteiger partial charge is 0.379 e. The Labute approximate surface area is 131 Å². The standard InChI is InChI=1S/C16H25N3O3/c1-5-22-11-16(2,3)19-15(21)18-13(14(20)17-4)12-9-7-6-8-10-12/h6-10,13H,5,11H2,1-4H3,(H,17,20)(H2,18,19,21)/t13-/m1/s1. The smallest absolute Gasteiger partial charge is 0.316 e. The van der Waals surface area contributed by atoms with Gasteiger partial charge in [-0.1, -0.05) is 30.3 Å². The maximum atomic E-state index is 12.2. The van der Waals surface area contributed by atoms with Gasteiger partial charge in [0.15, 0.2) is 0 Å². The first-order valence-corrected chi connectivity index (χ1v) is 7.32. The van der Waals surface area contributed by atoms with Crippen molar-refractivity contribution in [2.24, 2.45) is 0 Å². The van der Waals surface area contributed by atoms with E-state index < -0.39 is 17.6 Å². The van der Waals surface area contributed by atoms with Crippen LogP contribution in [0.15, 0.2) is 30.3 Å². The number of likely N-dealkylation sites (N-methyl/N-ethyl adjacent to an activating group) is 1. The minimum Gasteiger partial charge on any atom is -0.379 e. The van der Waals surface area contributed by atoms with Crippen molar-refractivity contribution in [3.8, 4) is 0 Å². The molecule has 22 heavy (non-hydrogen) atoms. The van der Waals surface area contributed by atoms with Crippen LogP contribution in [0.3, 0.4) is 0 Å². The van der Waals surface area contributed by atoms with Crippen LogP contribution in [0.5, 0.6) is 0 Å². The van der Waals surface area contributed by atoms with Crippen molar-refractivity contribution in [2.45, 2.75) is 32.4 Å². The zero-order chi connectivity index (χ0) is 16.6. The van der Waals surface area contributed by atoms with E-state index >= 15 is 0 Å². The average molecular weight is 307 g/mol. The van der Waals surface area contributed by atoms with E-state index in [2.05, 4.69) is 16.0 Å². The second kappa shape index (κ2) is 8.38. The van der Waals surface area contributed by atoms with Crippen molar-refractivity contribution in [2.75, 3.05) is 20.3 Å². The molecule has 0 radical (unpaired) electrons. The zero-order valence-corrected chi connectivity index (χ0v) is 13.6. The maximum Gasteiger partial charge on any atom is 0.316 e. The SMILES string of the molecule is CCOCC(C)(C)NC(=O)N[C@@H](C(=O)NC)c1ccccc1. The van der Waals surface area contributed by atoms with E-state index in [4.69, 9.17) is 4.74 Å². The minimum atomic E-state index is -0.742. The first-order chi connectivity index (χ1) is 10.4. The van der Waals surface area contributed by atoms with Gasteiger partial charge in [0.2, 0.25) is 5.91 Å². The van der Waals surface area contributed by atoms with E-state index in [9.17, 15) is 9.59 Å². The first-order valence-electron chi connectivity index (χ1n) is 7.32. The Morgan fingerprint density at radius 1 is 1.23 bits per heavy atom. The summed E-state index contributed by atoms with van der Waals surface area (Å²) >= 11 is 0. The van der Waals surface area contributed by atoms with Gasteiger partial charge in [-0.25, -0.2) is 4.79 Å². The van der Waals surface area contributed by atoms with Crippen LogP contribution in [-0.2, 0) is 9.53 Å². The summed E-state index contributed by atoms with van der Waals surface area (Å²) in [4.78, 5) is 24.2. The molecule has 1 aromatic carbocycles. The van der Waals surface area contributed by atoms with Gasteiger partial charge in [-0.3, -0.25) is 4.79 Å². The van der Waals surface area contributed by atoms with Gasteiger partial charge in [-0.15, -0.1) is 0 Å². The van der Waals surface area contributed by atoms with E-state index in [-0.39, 0.29) is 5.91 Å². The highest BCUT2D eigenvalue weighted by atomic mass is 16.5. The molecule has 3 N–H and O–H groups in total. The topological polar surface area (TPSA) is 79.5 Å². The third kappa shape index (κ3) is 5.73. The second-order valence-electron chi connectivity index (χ2n) is 5.58. The molecule has 0 aliphatic carbocycles. The number of hydrogen-bond donors (Lipinski definition) is 3. The molecular weight excluding hydrogens is 282 g/mol. The molecule has 6 nitrogen and oxygen atoms in total. The molecule has 1 aromatic rings. The van der Waals surface area contributed by atoms with Crippen molar-refractivity contribution >= 4 is 11.9 Å². The highest BCUT2D eigenvalue weighted by Gasteiger charge is 2.25. The van der Waals surface area contributed by atoms with Gasteiger partial charge in [-0.2, -0.15) is 0 Å². The summed E-state index contributed by atoms with van der Waals surface area (Å²) in [6.45, 7) is 6.59. The fourth-order valence-corrected chi connectivity index (χ4v) is 1.96. The second-order valence-corrected chi connectivity index (χ2v) is 5.58. The number of carbonyl (C=O) groups is 2. The number of rotatable bonds is 7. The van der Waals surface area contributed by atoms with Gasteiger partial charge in [0.1, 0.15) is 6.04 Å². The summed E-state index contributed by atoms with van der Waals surface area (Å²) in [5, 5.41) is 8.07. The predicted molar refractivity (Wildman–Crippen MR) is 85.5 cm³/mol. The maximum absolute atomic E-state index is 12.2. The number of ether oxygens (including phenoxy) is 1. The van der Waals surface area contributed by atoms with Crippen LogP contribution in [0.4, 0.5) is 4.79 Å². The van der Waals surface area contributed by atoms with Gasteiger partial charge in [0, 0.05) is 13.7 Å². The third-order valence-corrected chi connectivity index (χ3v) is 3.04. The molecule has 122 valence electrons. The van der Waals surface area contributed by atoms with Crippen molar-refractivity contribution in [3.05, 3.63) is 35.9 Å². The Hall–Kier alpha value is -2.08. The van der Waals surface area contributed by atoms with Crippen LogP contribution in [0.25, 0.3) is 0 Å². The molecule has 0 bridgehead atoms. The normalized spacial score (nSPS) is 12.4. The van der Waals surface area contributed by atoms with E-state index in [1.807, 2.05) is 39.0 Å². The Morgan fingerprint density at radius 2 is 1.86 bits per heavy atom. The molecule has 0 aromatic heterocycles. The average Bonchev–Trinajstić information content (AvgIpc) is 2.50. The summed E-state index contributed by atoms with van der Waals surface area (Å²) in [6, 6.07) is 7.94. The molecule has 0 saturated carbocycles. The molecule has 6 heteroatoms. The molecule has 0 heterocycles. The Balaban J connectivity index is 2.74. The lowest BCUT2D eigenvalue weighted by Gasteiger charge is -2.27. The van der Waals surface area contributed by atoms with Crippen molar-refractivity contribution in [3.63, 3.8) is 0 Å². The summed E-state index contributed by atoms with van der Waals surface area (Å²) in [6.07, 6.45) is 0. The quantitative estimate of drug-likeness (QED) is 0.715. The highest BCUT2D eigenvalue weighted by molar-refractivity contribution is 5.88. The van der Waals surface area contributed by atoms with Gasteiger partial charge in [0.05, 0.1) is 12.1 Å². The molecule has 0 fully saturated rings. The third-order valence-electron chi connectivity index (χ3n) is 3.04. The first kappa shape index (κ1) is 18.0. The fourth-order valence-electron chi connectivity index (χ4n) is 1.96. The molecule has 3 amide bonds. The molecule has 0 aliphatic rings. The van der Waals surface area contributed by atoms with E-state index in [1.165, 1.54) is 7.05 Å². The number of carbonyl (C=O) groups excluding carboxylic acids is 2. The fraction of sp³-hybridized carbons (Fsp3) is 0.500. The lowest BCUT2D eigenvalue weighted by molar-refractivity contribution is -0.122. The van der Waals surface area contributed by atoms with Gasteiger partial charge >= 0.3 is 6.03 Å². The number of hydrogen-bond acceptors (Lipinski definition) is 3. The Kier molecular flexibility index (Phi) is 6.85. The Morgan fingerprint density at radius 3 is 2.41 bits per heavy atom. The van der Waals surface area contributed by atoms with Crippen molar-refractivity contribution in [1.29, 1.82) is 0 Å². The van der Waals surface area contributed by atoms with Crippen LogP contribution < -0.4 is 16.0 Å². The number of amides is 3. The Bertz CT molecular complexity index is 489. The van der Waals surface area contributed by atoms with Crippen LogP contribution in [-0.4, -0.2) is 37.7 Å². The van der Waals surface area contributed by atoms with Crippen molar-refractivity contribution in [1.82, 2.24) is 16.0 Å². The summed E-state index contributed by atoms with van der Waals surface area (Å²) in [5.41, 5.74) is 0.198. The monoisotopic (exact) mass is 307 g/mol. The molecular formula is C16H25N3O3. The lowest BCUT2D eigenvalue weighted by atomic mass is 10.1. The van der Waals surface area contributed by atoms with E-state index in [0.29, 0.717) is 13.2 Å². The van der Waals surface area contributed by atoms with Crippen LogP contribution >= 0.6 is 0 Å². The minimum absolute atomic E-state index is 0.274. The highest BCUT2D eigenvalue weighted by Crippen LogP contribution is 2.13. The lowest BCUT2D eigenvalue weighted by Crippen LogP contribution is -2.53. The molecule has 1 rings (SSSR count). The van der Waals surface area contributed by atoms with Gasteiger partial charge < -0.3 is 20.7 Å². The molecule has 0 unspecified atom stereocenters. The number of urea groups is 1. The van der Waals surface area contributed by atoms with Gasteiger partial charge in [0.25, 0.3) is 0 Å².